The second kappa shape index (κ2) is 4.63. The molecule has 0 aromatic carbocycles. The molecule has 0 saturated carbocycles. The number of fused-ring (bicyclic) bond motifs is 1. The van der Waals surface area contributed by atoms with Crippen LogP contribution in [-0.4, -0.2) is 23.5 Å². The zero-order chi connectivity index (χ0) is 11.5. The highest BCUT2D eigenvalue weighted by Crippen LogP contribution is 2.29. The summed E-state index contributed by atoms with van der Waals surface area (Å²) in [4.78, 5) is 22.5. The lowest BCUT2D eigenvalue weighted by Gasteiger charge is -1.99. The van der Waals surface area contributed by atoms with E-state index in [4.69, 9.17) is 5.11 Å². The predicted molar refractivity (Wildman–Crippen MR) is 64.3 cm³/mol. The van der Waals surface area contributed by atoms with E-state index in [-0.39, 0.29) is 18.9 Å². The lowest BCUT2D eigenvalue weighted by Crippen LogP contribution is -2.25. The van der Waals surface area contributed by atoms with E-state index in [2.05, 4.69) is 5.32 Å². The Hall–Kier alpha value is -1.40. The molecule has 2 aromatic heterocycles. The van der Waals surface area contributed by atoms with Crippen molar-refractivity contribution in [3.63, 3.8) is 0 Å². The van der Waals surface area contributed by atoms with Crippen LogP contribution in [0.2, 0.25) is 0 Å². The van der Waals surface area contributed by atoms with Gasteiger partial charge in [0.05, 0.1) is 11.3 Å². The number of amides is 1. The maximum Gasteiger partial charge on any atom is 0.305 e. The number of hydrogen-bond acceptors (Lipinski definition) is 4. The van der Waals surface area contributed by atoms with Gasteiger partial charge in [-0.25, -0.2) is 0 Å². The van der Waals surface area contributed by atoms with Crippen LogP contribution >= 0.6 is 22.7 Å². The maximum atomic E-state index is 11.6. The quantitative estimate of drug-likeness (QED) is 0.879. The van der Waals surface area contributed by atoms with Crippen molar-refractivity contribution < 1.29 is 14.7 Å². The molecule has 6 heteroatoms. The second-order valence-corrected chi connectivity index (χ2v) is 5.19. The minimum Gasteiger partial charge on any atom is -0.481 e. The number of aliphatic carboxylic acids is 1. The third-order valence-electron chi connectivity index (χ3n) is 1.99. The molecular weight excluding hydrogens is 246 g/mol. The van der Waals surface area contributed by atoms with E-state index in [9.17, 15) is 9.59 Å². The zero-order valence-electron chi connectivity index (χ0n) is 8.23. The van der Waals surface area contributed by atoms with Crippen LogP contribution in [0.3, 0.4) is 0 Å². The van der Waals surface area contributed by atoms with Gasteiger partial charge >= 0.3 is 5.97 Å². The molecule has 0 fully saturated rings. The van der Waals surface area contributed by atoms with Crippen LogP contribution in [-0.2, 0) is 4.79 Å². The van der Waals surface area contributed by atoms with Crippen molar-refractivity contribution in [1.82, 2.24) is 5.32 Å². The van der Waals surface area contributed by atoms with E-state index in [0.717, 1.165) is 9.40 Å². The SMILES string of the molecule is O=C(O)CCNC(=O)c1cc2sccc2s1. The highest BCUT2D eigenvalue weighted by atomic mass is 32.1. The largest absolute Gasteiger partial charge is 0.481 e. The van der Waals surface area contributed by atoms with Gasteiger partial charge in [-0.15, -0.1) is 22.7 Å². The molecule has 0 radical (unpaired) electrons. The average molecular weight is 255 g/mol. The molecule has 0 saturated heterocycles. The van der Waals surface area contributed by atoms with Crippen LogP contribution in [0.15, 0.2) is 17.5 Å². The van der Waals surface area contributed by atoms with Gasteiger partial charge in [0, 0.05) is 15.9 Å². The first-order valence-electron chi connectivity index (χ1n) is 4.64. The average Bonchev–Trinajstić information content (AvgIpc) is 2.75. The fourth-order valence-electron chi connectivity index (χ4n) is 1.25. The summed E-state index contributed by atoms with van der Waals surface area (Å²) >= 11 is 3.01. The highest BCUT2D eigenvalue weighted by molar-refractivity contribution is 7.27. The lowest BCUT2D eigenvalue weighted by atomic mass is 10.4. The summed E-state index contributed by atoms with van der Waals surface area (Å²) in [7, 11) is 0. The second-order valence-electron chi connectivity index (χ2n) is 3.16. The predicted octanol–water partition coefficient (Wildman–Crippen LogP) is 2.17. The molecule has 2 heterocycles. The van der Waals surface area contributed by atoms with Crippen LogP contribution in [0, 0.1) is 0 Å². The van der Waals surface area contributed by atoms with Crippen molar-refractivity contribution >= 4 is 43.9 Å². The molecule has 0 atom stereocenters. The summed E-state index contributed by atoms with van der Waals surface area (Å²) < 4.78 is 2.18. The highest BCUT2D eigenvalue weighted by Gasteiger charge is 2.10. The standard InChI is InChI=1S/C10H9NO3S2/c12-9(13)1-3-11-10(14)8-5-7-6(16-8)2-4-15-7/h2,4-5H,1,3H2,(H,11,14)(H,12,13). The number of carbonyl (C=O) groups is 2. The Kier molecular flexibility index (Phi) is 3.21. The van der Waals surface area contributed by atoms with Crippen LogP contribution in [0.1, 0.15) is 16.1 Å². The number of carboxylic acid groups (broad SMARTS) is 1. The van der Waals surface area contributed by atoms with Crippen molar-refractivity contribution in [3.05, 3.63) is 22.4 Å². The summed E-state index contributed by atoms with van der Waals surface area (Å²) in [5.74, 6) is -1.11. The molecular formula is C10H9NO3S2. The topological polar surface area (TPSA) is 66.4 Å². The lowest BCUT2D eigenvalue weighted by molar-refractivity contribution is -0.136. The van der Waals surface area contributed by atoms with Gasteiger partial charge < -0.3 is 10.4 Å². The van der Waals surface area contributed by atoms with E-state index in [1.807, 2.05) is 17.5 Å². The van der Waals surface area contributed by atoms with Crippen molar-refractivity contribution in [2.75, 3.05) is 6.54 Å². The van der Waals surface area contributed by atoms with Gasteiger partial charge in [0.15, 0.2) is 0 Å². The minimum atomic E-state index is -0.910. The molecule has 4 nitrogen and oxygen atoms in total. The van der Waals surface area contributed by atoms with E-state index in [1.54, 1.807) is 11.3 Å². The van der Waals surface area contributed by atoms with Crippen molar-refractivity contribution in [2.24, 2.45) is 0 Å². The van der Waals surface area contributed by atoms with Gasteiger partial charge in [-0.2, -0.15) is 0 Å². The van der Waals surface area contributed by atoms with E-state index < -0.39 is 5.97 Å². The fraction of sp³-hybridized carbons (Fsp3) is 0.200. The molecule has 1 amide bonds. The van der Waals surface area contributed by atoms with Crippen LogP contribution in [0.5, 0.6) is 0 Å². The Morgan fingerprint density at radius 1 is 1.38 bits per heavy atom. The molecule has 2 N–H and O–H groups in total. The minimum absolute atomic E-state index is 0.0501. The monoisotopic (exact) mass is 255 g/mol. The molecule has 16 heavy (non-hydrogen) atoms. The van der Waals surface area contributed by atoms with Crippen molar-refractivity contribution in [3.8, 4) is 0 Å². The first kappa shape index (κ1) is 11.1. The van der Waals surface area contributed by atoms with E-state index in [0.29, 0.717) is 4.88 Å². The normalized spacial score (nSPS) is 10.5. The van der Waals surface area contributed by atoms with Crippen LogP contribution in [0.25, 0.3) is 9.40 Å². The molecule has 2 rings (SSSR count). The molecule has 84 valence electrons. The molecule has 2 aromatic rings. The Morgan fingerprint density at radius 3 is 2.88 bits per heavy atom. The third kappa shape index (κ3) is 2.40. The molecule has 0 aliphatic heterocycles. The van der Waals surface area contributed by atoms with Gasteiger partial charge in [0.25, 0.3) is 5.91 Å². The molecule has 0 bridgehead atoms. The van der Waals surface area contributed by atoms with Gasteiger partial charge in [0.2, 0.25) is 0 Å². The van der Waals surface area contributed by atoms with Crippen LogP contribution < -0.4 is 5.32 Å². The Morgan fingerprint density at radius 2 is 2.19 bits per heavy atom. The fourth-order valence-corrected chi connectivity index (χ4v) is 3.27. The van der Waals surface area contributed by atoms with E-state index in [1.165, 1.54) is 11.3 Å². The summed E-state index contributed by atoms with van der Waals surface area (Å²) in [6.07, 6.45) is -0.0501. The molecule has 0 unspecified atom stereocenters. The molecule has 0 aliphatic rings. The maximum absolute atomic E-state index is 11.6. The Labute approximate surface area is 99.5 Å². The number of carbonyl (C=O) groups excluding carboxylic acids is 1. The number of hydrogen-bond donors (Lipinski definition) is 2. The zero-order valence-corrected chi connectivity index (χ0v) is 9.86. The summed E-state index contributed by atoms with van der Waals surface area (Å²) in [5, 5.41) is 13.0. The molecule has 0 aliphatic carbocycles. The first-order chi connectivity index (χ1) is 7.66. The van der Waals surface area contributed by atoms with Gasteiger partial charge in [0.1, 0.15) is 0 Å². The summed E-state index contributed by atoms with van der Waals surface area (Å²) in [6.45, 7) is 0.166. The van der Waals surface area contributed by atoms with Crippen molar-refractivity contribution in [2.45, 2.75) is 6.42 Å². The third-order valence-corrected chi connectivity index (χ3v) is 4.08. The van der Waals surface area contributed by atoms with Crippen LogP contribution in [0.4, 0.5) is 0 Å². The first-order valence-corrected chi connectivity index (χ1v) is 6.33. The Bertz CT molecular complexity index is 500. The van der Waals surface area contributed by atoms with Gasteiger partial charge in [-0.3, -0.25) is 9.59 Å². The smallest absolute Gasteiger partial charge is 0.305 e. The van der Waals surface area contributed by atoms with E-state index >= 15 is 0 Å². The van der Waals surface area contributed by atoms with Gasteiger partial charge in [-0.1, -0.05) is 0 Å². The number of carboxylic acids is 1. The molecule has 0 spiro atoms. The summed E-state index contributed by atoms with van der Waals surface area (Å²) in [6, 6.07) is 3.81. The van der Waals surface area contributed by atoms with Gasteiger partial charge in [-0.05, 0) is 17.5 Å². The Balaban J connectivity index is 1.99. The van der Waals surface area contributed by atoms with Crippen molar-refractivity contribution in [1.29, 1.82) is 0 Å². The summed E-state index contributed by atoms with van der Waals surface area (Å²) in [5.41, 5.74) is 0. The number of nitrogens with one attached hydrogen (secondary N) is 1. The number of thiophene rings is 2. The number of rotatable bonds is 4.